The summed E-state index contributed by atoms with van der Waals surface area (Å²) in [6.45, 7) is 5.73. The lowest BCUT2D eigenvalue weighted by Crippen LogP contribution is -2.55. The fourth-order valence-electron chi connectivity index (χ4n) is 4.15. The van der Waals surface area contributed by atoms with Crippen LogP contribution in [0.2, 0.25) is 0 Å². The molecule has 2 heterocycles. The summed E-state index contributed by atoms with van der Waals surface area (Å²) in [5.41, 5.74) is 1.65. The Kier molecular flexibility index (Phi) is 5.51. The van der Waals surface area contributed by atoms with Gasteiger partial charge in [0.1, 0.15) is 11.9 Å². The molecule has 0 N–H and O–H groups in total. The number of amides is 1. The predicted octanol–water partition coefficient (Wildman–Crippen LogP) is 3.05. The molecule has 1 fully saturated rings. The molecule has 158 valence electrons. The number of rotatable bonds is 4. The highest BCUT2D eigenvalue weighted by Gasteiger charge is 2.31. The largest absolute Gasteiger partial charge is 0.368 e. The van der Waals surface area contributed by atoms with Crippen LogP contribution >= 0.6 is 0 Å². The third-order valence-corrected chi connectivity index (χ3v) is 6.54. The van der Waals surface area contributed by atoms with E-state index in [4.69, 9.17) is 0 Å². The topological polar surface area (TPSA) is 62.6 Å². The van der Waals surface area contributed by atoms with Gasteiger partial charge in [0, 0.05) is 42.9 Å². The molecule has 1 saturated heterocycles. The van der Waals surface area contributed by atoms with Crippen LogP contribution in [0.5, 0.6) is 0 Å². The van der Waals surface area contributed by atoms with E-state index in [0.717, 1.165) is 5.69 Å². The van der Waals surface area contributed by atoms with E-state index in [1.165, 1.54) is 6.07 Å². The van der Waals surface area contributed by atoms with E-state index in [1.807, 2.05) is 29.4 Å². The third kappa shape index (κ3) is 3.67. The van der Waals surface area contributed by atoms with Crippen molar-refractivity contribution in [1.82, 2.24) is 9.47 Å². The van der Waals surface area contributed by atoms with Crippen molar-refractivity contribution >= 4 is 33.2 Å². The summed E-state index contributed by atoms with van der Waals surface area (Å²) in [6.07, 6.45) is 1.76. The average molecular weight is 430 g/mol. The van der Waals surface area contributed by atoms with Crippen LogP contribution in [0.25, 0.3) is 10.9 Å². The minimum absolute atomic E-state index is 0.00242. The van der Waals surface area contributed by atoms with E-state index in [9.17, 15) is 17.6 Å². The Morgan fingerprint density at radius 1 is 1.10 bits per heavy atom. The van der Waals surface area contributed by atoms with Crippen LogP contribution in [-0.4, -0.2) is 49.5 Å². The van der Waals surface area contributed by atoms with Gasteiger partial charge in [-0.05, 0) is 56.3 Å². The second-order valence-electron chi connectivity index (χ2n) is 7.67. The molecule has 1 aliphatic rings. The van der Waals surface area contributed by atoms with E-state index in [0.29, 0.717) is 35.4 Å². The summed E-state index contributed by atoms with van der Waals surface area (Å²) in [6, 6.07) is 12.9. The second-order valence-corrected chi connectivity index (χ2v) is 8.70. The monoisotopic (exact) mass is 429 g/mol. The number of hydrogen-bond donors (Lipinski definition) is 1. The van der Waals surface area contributed by atoms with Crippen molar-refractivity contribution in [1.29, 1.82) is 0 Å². The number of halogens is 1. The predicted molar refractivity (Wildman–Crippen MR) is 115 cm³/mol. The number of aromatic nitrogens is 1. The van der Waals surface area contributed by atoms with Crippen molar-refractivity contribution in [3.8, 4) is 0 Å². The van der Waals surface area contributed by atoms with Crippen LogP contribution in [0.1, 0.15) is 19.9 Å². The molecule has 0 saturated carbocycles. The highest BCUT2D eigenvalue weighted by atomic mass is 32.2. The molecule has 3 aromatic rings. The summed E-state index contributed by atoms with van der Waals surface area (Å²) in [7, 11) is -2.59. The van der Waals surface area contributed by atoms with Crippen molar-refractivity contribution in [2.75, 3.05) is 24.5 Å². The van der Waals surface area contributed by atoms with Gasteiger partial charge in [0.25, 0.3) is 0 Å². The number of piperazine rings is 1. The fraction of sp³-hybridized carbons (Fsp3) is 0.318. The molecule has 1 aliphatic heterocycles. The van der Waals surface area contributed by atoms with Crippen LogP contribution < -0.4 is 4.90 Å². The van der Waals surface area contributed by atoms with Gasteiger partial charge in [0.2, 0.25) is 5.91 Å². The van der Waals surface area contributed by atoms with Crippen LogP contribution in [0, 0.1) is 5.82 Å². The Labute approximate surface area is 176 Å². The van der Waals surface area contributed by atoms with Gasteiger partial charge in [0.05, 0.1) is 10.4 Å². The lowest BCUT2D eigenvalue weighted by molar-refractivity contribution is -0.136. The molecule has 4 rings (SSSR count). The Balaban J connectivity index is 1.48. The van der Waals surface area contributed by atoms with E-state index in [2.05, 4.69) is 4.90 Å². The zero-order chi connectivity index (χ0) is 21.4. The fourth-order valence-corrected chi connectivity index (χ4v) is 4.54. The molecule has 0 bridgehead atoms. The summed E-state index contributed by atoms with van der Waals surface area (Å²) < 4.78 is 38.0. The quantitative estimate of drug-likeness (QED) is 0.648. The Hall–Kier alpha value is -2.87. The Bertz CT molecular complexity index is 1150. The first-order chi connectivity index (χ1) is 14.4. The molecular formula is C22H24FN3O3S. The maximum absolute atomic E-state index is 14.0. The summed E-state index contributed by atoms with van der Waals surface area (Å²) >= 11 is 0. The van der Waals surface area contributed by atoms with Gasteiger partial charge >= 0.3 is 0 Å². The Morgan fingerprint density at radius 2 is 1.83 bits per heavy atom. The van der Waals surface area contributed by atoms with Crippen LogP contribution in [0.15, 0.2) is 59.6 Å². The number of carbonyl (C=O) groups is 1. The van der Waals surface area contributed by atoms with E-state index < -0.39 is 16.7 Å². The van der Waals surface area contributed by atoms with Crippen molar-refractivity contribution < 1.29 is 17.6 Å². The SMILES string of the molecule is C[C@H]1CN(c2ccc([SH](=O)=O)cc2)CCN1C(=O)[C@H](C)n1ccc2c(F)cccc21. The van der Waals surface area contributed by atoms with E-state index in [-0.39, 0.29) is 17.8 Å². The maximum atomic E-state index is 14.0. The number of thiol groups is 1. The summed E-state index contributed by atoms with van der Waals surface area (Å²) in [4.78, 5) is 17.5. The molecule has 0 radical (unpaired) electrons. The lowest BCUT2D eigenvalue weighted by Gasteiger charge is -2.42. The number of nitrogens with zero attached hydrogens (tertiary/aromatic N) is 3. The average Bonchev–Trinajstić information content (AvgIpc) is 3.18. The first kappa shape index (κ1) is 20.4. The first-order valence-corrected chi connectivity index (χ1v) is 11.1. The van der Waals surface area contributed by atoms with E-state index >= 15 is 0 Å². The number of anilines is 1. The molecule has 0 aliphatic carbocycles. The highest BCUT2D eigenvalue weighted by Crippen LogP contribution is 2.26. The van der Waals surface area contributed by atoms with Gasteiger partial charge in [-0.2, -0.15) is 0 Å². The molecule has 6 nitrogen and oxygen atoms in total. The van der Waals surface area contributed by atoms with Crippen molar-refractivity contribution in [3.63, 3.8) is 0 Å². The van der Waals surface area contributed by atoms with Crippen molar-refractivity contribution in [3.05, 3.63) is 60.5 Å². The molecule has 1 amide bonds. The molecule has 0 unspecified atom stereocenters. The molecule has 0 spiro atoms. The van der Waals surface area contributed by atoms with Crippen LogP contribution in [0.4, 0.5) is 10.1 Å². The molecule has 30 heavy (non-hydrogen) atoms. The summed E-state index contributed by atoms with van der Waals surface area (Å²) in [5.74, 6) is -0.289. The molecular weight excluding hydrogens is 405 g/mol. The number of fused-ring (bicyclic) bond motifs is 1. The van der Waals surface area contributed by atoms with Crippen molar-refractivity contribution in [2.45, 2.75) is 30.8 Å². The van der Waals surface area contributed by atoms with Gasteiger partial charge in [-0.25, -0.2) is 12.8 Å². The van der Waals surface area contributed by atoms with Gasteiger partial charge in [-0.1, -0.05) is 6.07 Å². The van der Waals surface area contributed by atoms with Crippen LogP contribution in [-0.2, 0) is 15.5 Å². The molecule has 2 atom stereocenters. The van der Waals surface area contributed by atoms with Gasteiger partial charge in [-0.15, -0.1) is 0 Å². The third-order valence-electron chi connectivity index (χ3n) is 5.82. The smallest absolute Gasteiger partial charge is 0.245 e. The first-order valence-electron chi connectivity index (χ1n) is 9.91. The minimum Gasteiger partial charge on any atom is -0.368 e. The standard InChI is InChI=1S/C22H24FN3O3S/c1-15-14-24(17-6-8-18(9-7-17)30(28)29)12-13-25(15)22(27)16(2)26-11-10-19-20(23)4-3-5-21(19)26/h3-11,15-16,30H,12-14H2,1-2H3/t15-,16-/m0/s1. The molecule has 8 heteroatoms. The zero-order valence-electron chi connectivity index (χ0n) is 16.9. The maximum Gasteiger partial charge on any atom is 0.245 e. The van der Waals surface area contributed by atoms with Gasteiger partial charge in [-0.3, -0.25) is 4.79 Å². The number of hydrogen-bond acceptors (Lipinski definition) is 4. The number of benzene rings is 2. The summed E-state index contributed by atoms with van der Waals surface area (Å²) in [5, 5.41) is 0.512. The minimum atomic E-state index is -2.59. The second kappa shape index (κ2) is 8.10. The highest BCUT2D eigenvalue weighted by molar-refractivity contribution is 7.72. The zero-order valence-corrected chi connectivity index (χ0v) is 17.8. The normalized spacial score (nSPS) is 18.2. The van der Waals surface area contributed by atoms with Crippen LogP contribution in [0.3, 0.4) is 0 Å². The van der Waals surface area contributed by atoms with Gasteiger partial charge in [0.15, 0.2) is 10.7 Å². The van der Waals surface area contributed by atoms with Gasteiger partial charge < -0.3 is 14.4 Å². The molecule has 2 aromatic carbocycles. The molecule has 1 aromatic heterocycles. The van der Waals surface area contributed by atoms with E-state index in [1.54, 1.807) is 42.6 Å². The lowest BCUT2D eigenvalue weighted by atomic mass is 10.1. The Morgan fingerprint density at radius 3 is 2.50 bits per heavy atom. The van der Waals surface area contributed by atoms with Crippen molar-refractivity contribution in [2.24, 2.45) is 0 Å². The number of carbonyl (C=O) groups excluding carboxylic acids is 1.